The number of hydrogen-bond donors (Lipinski definition) is 1. The lowest BCUT2D eigenvalue weighted by Gasteiger charge is -2.07. The number of aryl methyl sites for hydroxylation is 1. The molecule has 1 aromatic heterocycles. The Morgan fingerprint density at radius 3 is 2.95 bits per heavy atom. The van der Waals surface area contributed by atoms with Crippen LogP contribution in [0.25, 0.3) is 11.0 Å². The first-order chi connectivity index (χ1) is 9.26. The highest BCUT2D eigenvalue weighted by atomic mass is 16.7. The van der Waals surface area contributed by atoms with Gasteiger partial charge in [0.05, 0.1) is 0 Å². The monoisotopic (exact) mass is 264 g/mol. The van der Waals surface area contributed by atoms with Crippen molar-refractivity contribution in [2.75, 3.05) is 20.5 Å². The lowest BCUT2D eigenvalue weighted by atomic mass is 10.1. The van der Waals surface area contributed by atoms with Gasteiger partial charge in [-0.15, -0.1) is 0 Å². The average molecular weight is 264 g/mol. The van der Waals surface area contributed by atoms with E-state index >= 15 is 0 Å². The SMILES string of the molecule is COCOc1cccc2cc(CCCO)c(=O)oc12. The van der Waals surface area contributed by atoms with E-state index in [1.807, 2.05) is 12.1 Å². The minimum absolute atomic E-state index is 0.0501. The molecular formula is C14H16O5. The van der Waals surface area contributed by atoms with Crippen molar-refractivity contribution in [1.82, 2.24) is 0 Å². The Balaban J connectivity index is 2.42. The fourth-order valence-corrected chi connectivity index (χ4v) is 1.84. The third kappa shape index (κ3) is 3.13. The van der Waals surface area contributed by atoms with Gasteiger partial charge in [0.15, 0.2) is 18.1 Å². The second-order valence-corrected chi connectivity index (χ2v) is 4.11. The zero-order valence-corrected chi connectivity index (χ0v) is 10.7. The van der Waals surface area contributed by atoms with Gasteiger partial charge in [-0.2, -0.15) is 0 Å². The van der Waals surface area contributed by atoms with Gasteiger partial charge in [-0.3, -0.25) is 0 Å². The summed E-state index contributed by atoms with van der Waals surface area (Å²) in [5, 5.41) is 9.60. The van der Waals surface area contributed by atoms with Crippen LogP contribution in [-0.2, 0) is 11.2 Å². The van der Waals surface area contributed by atoms with Crippen LogP contribution < -0.4 is 10.4 Å². The van der Waals surface area contributed by atoms with Gasteiger partial charge in [-0.1, -0.05) is 12.1 Å². The molecule has 1 heterocycles. The molecule has 0 unspecified atom stereocenters. The normalized spacial score (nSPS) is 10.8. The van der Waals surface area contributed by atoms with Crippen LogP contribution in [0.15, 0.2) is 33.5 Å². The van der Waals surface area contributed by atoms with Crippen molar-refractivity contribution in [2.45, 2.75) is 12.8 Å². The first-order valence-corrected chi connectivity index (χ1v) is 6.04. The van der Waals surface area contributed by atoms with Crippen molar-refractivity contribution in [3.63, 3.8) is 0 Å². The van der Waals surface area contributed by atoms with Crippen molar-refractivity contribution >= 4 is 11.0 Å². The molecule has 0 bridgehead atoms. The molecule has 0 atom stereocenters. The summed E-state index contributed by atoms with van der Waals surface area (Å²) in [6, 6.07) is 7.16. The Kier molecular flexibility index (Phi) is 4.54. The van der Waals surface area contributed by atoms with Gasteiger partial charge in [0.1, 0.15) is 0 Å². The molecule has 1 N–H and O–H groups in total. The summed E-state index contributed by atoms with van der Waals surface area (Å²) in [4.78, 5) is 11.8. The predicted octanol–water partition coefficient (Wildman–Crippen LogP) is 1.70. The van der Waals surface area contributed by atoms with E-state index in [0.717, 1.165) is 5.39 Å². The number of para-hydroxylation sites is 1. The summed E-state index contributed by atoms with van der Waals surface area (Å²) < 4.78 is 15.5. The van der Waals surface area contributed by atoms with Gasteiger partial charge in [0, 0.05) is 24.7 Å². The molecule has 5 heteroatoms. The first-order valence-electron chi connectivity index (χ1n) is 6.04. The molecule has 0 radical (unpaired) electrons. The summed E-state index contributed by atoms with van der Waals surface area (Å²) in [5.74, 6) is 0.477. The van der Waals surface area contributed by atoms with E-state index in [1.165, 1.54) is 7.11 Å². The van der Waals surface area contributed by atoms with Crippen molar-refractivity contribution in [2.24, 2.45) is 0 Å². The number of ether oxygens (including phenoxy) is 2. The zero-order valence-electron chi connectivity index (χ0n) is 10.7. The molecule has 0 amide bonds. The van der Waals surface area contributed by atoms with E-state index in [9.17, 15) is 4.79 Å². The molecule has 0 saturated heterocycles. The summed E-state index contributed by atoms with van der Waals surface area (Å²) in [7, 11) is 1.52. The molecule has 1 aromatic carbocycles. The van der Waals surface area contributed by atoms with E-state index in [1.54, 1.807) is 12.1 Å². The lowest BCUT2D eigenvalue weighted by Crippen LogP contribution is -2.08. The molecule has 0 saturated carbocycles. The molecule has 102 valence electrons. The number of rotatable bonds is 6. The molecule has 0 aliphatic heterocycles. The maximum absolute atomic E-state index is 11.8. The molecule has 0 aliphatic rings. The van der Waals surface area contributed by atoms with Gasteiger partial charge in [0.25, 0.3) is 0 Å². The quantitative estimate of drug-likeness (QED) is 0.635. The number of methoxy groups -OCH3 is 1. The predicted molar refractivity (Wildman–Crippen MR) is 70.4 cm³/mol. The van der Waals surface area contributed by atoms with Gasteiger partial charge in [0.2, 0.25) is 0 Å². The van der Waals surface area contributed by atoms with E-state index in [2.05, 4.69) is 0 Å². The lowest BCUT2D eigenvalue weighted by molar-refractivity contribution is 0.0514. The topological polar surface area (TPSA) is 68.9 Å². The van der Waals surface area contributed by atoms with E-state index < -0.39 is 5.63 Å². The fraction of sp³-hybridized carbons (Fsp3) is 0.357. The summed E-state index contributed by atoms with van der Waals surface area (Å²) >= 11 is 0. The summed E-state index contributed by atoms with van der Waals surface area (Å²) in [5.41, 5.74) is 0.581. The second kappa shape index (κ2) is 6.36. The average Bonchev–Trinajstić information content (AvgIpc) is 2.43. The Morgan fingerprint density at radius 1 is 1.37 bits per heavy atom. The number of aliphatic hydroxyl groups is 1. The van der Waals surface area contributed by atoms with Crippen LogP contribution >= 0.6 is 0 Å². The fourth-order valence-electron chi connectivity index (χ4n) is 1.84. The Bertz CT molecular complexity index is 602. The van der Waals surface area contributed by atoms with Crippen molar-refractivity contribution in [3.05, 3.63) is 40.2 Å². The third-order valence-electron chi connectivity index (χ3n) is 2.73. The second-order valence-electron chi connectivity index (χ2n) is 4.11. The Morgan fingerprint density at radius 2 is 2.21 bits per heavy atom. The van der Waals surface area contributed by atoms with Crippen LogP contribution in [0.4, 0.5) is 0 Å². The molecule has 5 nitrogen and oxygen atoms in total. The van der Waals surface area contributed by atoms with Gasteiger partial charge < -0.3 is 19.0 Å². The number of hydrogen-bond acceptors (Lipinski definition) is 5. The van der Waals surface area contributed by atoms with Crippen molar-refractivity contribution in [1.29, 1.82) is 0 Å². The third-order valence-corrected chi connectivity index (χ3v) is 2.73. The number of fused-ring (bicyclic) bond motifs is 1. The molecule has 0 aliphatic carbocycles. The highest BCUT2D eigenvalue weighted by Gasteiger charge is 2.09. The maximum atomic E-state index is 11.8. The molecule has 2 rings (SSSR count). The van der Waals surface area contributed by atoms with E-state index in [-0.39, 0.29) is 13.4 Å². The minimum Gasteiger partial charge on any atom is -0.464 e. The molecular weight excluding hydrogens is 248 g/mol. The number of aliphatic hydroxyl groups excluding tert-OH is 1. The van der Waals surface area contributed by atoms with Crippen LogP contribution in [0, 0.1) is 0 Å². The Labute approximate surface area is 110 Å². The zero-order chi connectivity index (χ0) is 13.7. The summed E-state index contributed by atoms with van der Waals surface area (Å²) in [6.07, 6.45) is 1.04. The smallest absolute Gasteiger partial charge is 0.339 e. The van der Waals surface area contributed by atoms with Crippen molar-refractivity contribution in [3.8, 4) is 5.75 Å². The van der Waals surface area contributed by atoms with Gasteiger partial charge in [-0.25, -0.2) is 4.79 Å². The highest BCUT2D eigenvalue weighted by Crippen LogP contribution is 2.25. The van der Waals surface area contributed by atoms with Crippen LogP contribution in [-0.4, -0.2) is 25.6 Å². The van der Waals surface area contributed by atoms with Crippen LogP contribution in [0.3, 0.4) is 0 Å². The van der Waals surface area contributed by atoms with E-state index in [4.69, 9.17) is 19.0 Å². The standard InChI is InChI=1S/C14H16O5/c1-17-9-18-12-6-2-4-10-8-11(5-3-7-15)14(16)19-13(10)12/h2,4,6,8,15H,3,5,7,9H2,1H3. The highest BCUT2D eigenvalue weighted by molar-refractivity contribution is 5.82. The minimum atomic E-state index is -0.394. The largest absolute Gasteiger partial charge is 0.464 e. The molecule has 0 spiro atoms. The number of benzene rings is 1. The summed E-state index contributed by atoms with van der Waals surface area (Å²) in [6.45, 7) is 0.142. The van der Waals surface area contributed by atoms with Gasteiger partial charge in [-0.05, 0) is 25.0 Å². The molecule has 19 heavy (non-hydrogen) atoms. The molecule has 0 fully saturated rings. The van der Waals surface area contributed by atoms with Crippen LogP contribution in [0.2, 0.25) is 0 Å². The first kappa shape index (κ1) is 13.6. The Hall–Kier alpha value is -1.85. The maximum Gasteiger partial charge on any atom is 0.339 e. The van der Waals surface area contributed by atoms with Gasteiger partial charge >= 0.3 is 5.63 Å². The van der Waals surface area contributed by atoms with E-state index in [0.29, 0.717) is 29.7 Å². The van der Waals surface area contributed by atoms with Crippen LogP contribution in [0.5, 0.6) is 5.75 Å². The van der Waals surface area contributed by atoms with Crippen molar-refractivity contribution < 1.29 is 19.0 Å². The molecule has 2 aromatic rings. The van der Waals surface area contributed by atoms with Crippen LogP contribution in [0.1, 0.15) is 12.0 Å².